The molecule has 10 aromatic rings. The summed E-state index contributed by atoms with van der Waals surface area (Å²) in [6, 6.07) is 37.6. The van der Waals surface area contributed by atoms with Crippen LogP contribution in [-0.2, 0) is 0 Å². The van der Waals surface area contributed by atoms with Gasteiger partial charge in [0.2, 0.25) is 0 Å². The lowest BCUT2D eigenvalue weighted by molar-refractivity contribution is 0.673. The molecular weight excluding hydrogens is 593 g/mol. The van der Waals surface area contributed by atoms with Crippen LogP contribution in [-0.4, -0.2) is 0 Å². The Morgan fingerprint density at radius 1 is 0.408 bits per heavy atom. The first-order valence-corrected chi connectivity index (χ1v) is 16.1. The third-order valence-electron chi connectivity index (χ3n) is 9.41. The van der Waals surface area contributed by atoms with Crippen molar-refractivity contribution in [3.8, 4) is 44.5 Å². The highest BCUT2D eigenvalue weighted by atomic mass is 16.3. The molecule has 0 N–H and O–H groups in total. The number of furan rings is 1. The molecule has 0 bridgehead atoms. The zero-order valence-electron chi connectivity index (χ0n) is 35.0. The van der Waals surface area contributed by atoms with E-state index in [1.807, 2.05) is 78.9 Å². The quantitative estimate of drug-likeness (QED) is 0.176. The van der Waals surface area contributed by atoms with Crippen LogP contribution < -0.4 is 0 Å². The Morgan fingerprint density at radius 3 is 1.78 bits per heavy atom. The maximum Gasteiger partial charge on any atom is 0.143 e. The van der Waals surface area contributed by atoms with Crippen molar-refractivity contribution in [2.24, 2.45) is 0 Å². The van der Waals surface area contributed by atoms with E-state index >= 15 is 0 Å². The van der Waals surface area contributed by atoms with Gasteiger partial charge >= 0.3 is 0 Å². The first-order chi connectivity index (χ1) is 28.1. The second-order valence-electron chi connectivity index (χ2n) is 12.1. The molecule has 0 unspecified atom stereocenters. The molecule has 0 aliphatic carbocycles. The molecule has 0 spiro atoms. The van der Waals surface area contributed by atoms with Crippen molar-refractivity contribution < 1.29 is 16.8 Å². The van der Waals surface area contributed by atoms with Crippen molar-refractivity contribution >= 4 is 54.3 Å². The molecule has 49 heavy (non-hydrogen) atoms. The monoisotopic (exact) mass is 631 g/mol. The maximum absolute atomic E-state index is 9.57. The molecular formula is C48H30O. The lowest BCUT2D eigenvalue weighted by atomic mass is 9.85. The van der Waals surface area contributed by atoms with Crippen LogP contribution >= 0.6 is 0 Å². The Morgan fingerprint density at radius 2 is 1.02 bits per heavy atom. The van der Waals surface area contributed by atoms with E-state index < -0.39 is 42.3 Å². The summed E-state index contributed by atoms with van der Waals surface area (Å²) in [4.78, 5) is 0. The molecule has 0 radical (unpaired) electrons. The second-order valence-corrected chi connectivity index (χ2v) is 12.1. The van der Waals surface area contributed by atoms with Crippen LogP contribution in [0.25, 0.3) is 98.8 Å². The number of hydrogen-bond donors (Lipinski definition) is 0. The van der Waals surface area contributed by atoms with Gasteiger partial charge in [-0.3, -0.25) is 0 Å². The van der Waals surface area contributed by atoms with Crippen molar-refractivity contribution in [2.75, 3.05) is 0 Å². The summed E-state index contributed by atoms with van der Waals surface area (Å²) in [5, 5.41) is 7.27. The van der Waals surface area contributed by atoms with Gasteiger partial charge in [0.15, 0.2) is 0 Å². The van der Waals surface area contributed by atoms with Crippen LogP contribution in [0.4, 0.5) is 0 Å². The molecule has 1 nitrogen and oxygen atoms in total. The van der Waals surface area contributed by atoms with Crippen molar-refractivity contribution in [1.82, 2.24) is 0 Å². The molecule has 0 aliphatic heterocycles. The highest BCUT2D eigenvalue weighted by Gasteiger charge is 2.19. The fraction of sp³-hybridized carbons (Fsp3) is 0. The van der Waals surface area contributed by atoms with Crippen LogP contribution in [0.5, 0.6) is 0 Å². The summed E-state index contributed by atoms with van der Waals surface area (Å²) in [6.45, 7) is 0. The van der Waals surface area contributed by atoms with E-state index in [0.717, 1.165) is 65.7 Å². The first kappa shape index (κ1) is 20.0. The normalized spacial score (nSPS) is 14.2. The van der Waals surface area contributed by atoms with Gasteiger partial charge in [0.25, 0.3) is 0 Å². The smallest absolute Gasteiger partial charge is 0.143 e. The van der Waals surface area contributed by atoms with Gasteiger partial charge in [-0.05, 0) is 95.7 Å². The SMILES string of the molecule is [2H]c1c([2H])c([2H])c(-c2c([2H])c([2H])c([2H])c(-c3c4ccccc4c(-c4cccc(-c5cccc6oc7c8ccccc8ccc7c56)c4)c4ccccc34)c2[2H])c([2H])c1[2H]. The zero-order chi connectivity index (χ0) is 40.1. The minimum absolute atomic E-state index is 0.0431. The molecule has 10 rings (SSSR count). The van der Waals surface area contributed by atoms with Gasteiger partial charge < -0.3 is 4.42 Å². The first-order valence-electron chi connectivity index (χ1n) is 20.6. The Labute approximate surface area is 297 Å². The van der Waals surface area contributed by atoms with Gasteiger partial charge in [-0.15, -0.1) is 0 Å². The Kier molecular flexibility index (Phi) is 4.53. The van der Waals surface area contributed by atoms with E-state index in [2.05, 4.69) is 48.5 Å². The molecule has 0 amide bonds. The fourth-order valence-corrected chi connectivity index (χ4v) is 7.31. The molecule has 1 heterocycles. The summed E-state index contributed by atoms with van der Waals surface area (Å²) in [7, 11) is 0. The minimum atomic E-state index is -0.606. The molecule has 0 aliphatic rings. The van der Waals surface area contributed by atoms with Crippen molar-refractivity contribution in [3.05, 3.63) is 182 Å². The van der Waals surface area contributed by atoms with Gasteiger partial charge in [0.1, 0.15) is 11.2 Å². The van der Waals surface area contributed by atoms with Crippen LogP contribution in [0.15, 0.2) is 186 Å². The topological polar surface area (TPSA) is 13.1 Å². The molecule has 0 atom stereocenters. The van der Waals surface area contributed by atoms with E-state index in [1.165, 1.54) is 0 Å². The van der Waals surface area contributed by atoms with E-state index in [9.17, 15) is 2.74 Å². The Bertz CT molecular complexity index is 3320. The van der Waals surface area contributed by atoms with E-state index in [1.54, 1.807) is 0 Å². The molecule has 228 valence electrons. The highest BCUT2D eigenvalue weighted by molar-refractivity contribution is 6.22. The molecule has 1 heteroatoms. The maximum atomic E-state index is 9.57. The third kappa shape index (κ3) is 4.40. The molecule has 0 saturated carbocycles. The van der Waals surface area contributed by atoms with Crippen molar-refractivity contribution in [1.29, 1.82) is 0 Å². The van der Waals surface area contributed by atoms with Crippen LogP contribution in [0.1, 0.15) is 12.3 Å². The summed E-state index contributed by atoms with van der Waals surface area (Å²) in [5.74, 6) is 0. The Hall–Kier alpha value is -6.44. The summed E-state index contributed by atoms with van der Waals surface area (Å²) in [6.07, 6.45) is 0. The van der Waals surface area contributed by atoms with Crippen LogP contribution in [0.2, 0.25) is 0 Å². The Balaban J connectivity index is 1.24. The number of fused-ring (bicyclic) bond motifs is 7. The molecule has 1 aromatic heterocycles. The van der Waals surface area contributed by atoms with E-state index in [-0.39, 0.29) is 28.8 Å². The standard InChI is InChI=1S/C48H30O/c1-2-13-31(14-3-1)33-16-10-18-35(29-33)45-39-21-6-8-23-41(39)46(42-24-9-7-22-40(42)45)36-19-11-17-34(30-36)37-25-12-26-44-47(37)43-28-27-32-15-4-5-20-38(32)48(43)49-44/h1-30H/i1D,2D,3D,10D,13D,14D,16D,18D,29D. The third-order valence-corrected chi connectivity index (χ3v) is 9.41. The number of hydrogen-bond acceptors (Lipinski definition) is 1. The summed E-state index contributed by atoms with van der Waals surface area (Å²) >= 11 is 0. The molecule has 0 fully saturated rings. The average Bonchev–Trinajstić information content (AvgIpc) is 3.65. The number of benzene rings is 9. The van der Waals surface area contributed by atoms with Gasteiger partial charge in [-0.2, -0.15) is 0 Å². The van der Waals surface area contributed by atoms with Crippen LogP contribution in [0, 0.1) is 0 Å². The van der Waals surface area contributed by atoms with E-state index in [0.29, 0.717) is 16.3 Å². The molecule has 0 saturated heterocycles. The van der Waals surface area contributed by atoms with Gasteiger partial charge in [-0.25, -0.2) is 0 Å². The van der Waals surface area contributed by atoms with Crippen molar-refractivity contribution in [2.45, 2.75) is 0 Å². The summed E-state index contributed by atoms with van der Waals surface area (Å²) < 4.78 is 85.2. The van der Waals surface area contributed by atoms with Gasteiger partial charge in [0, 0.05) is 16.2 Å². The minimum Gasteiger partial charge on any atom is -0.455 e. The van der Waals surface area contributed by atoms with Crippen LogP contribution in [0.3, 0.4) is 0 Å². The lowest BCUT2D eigenvalue weighted by Crippen LogP contribution is -1.91. The predicted octanol–water partition coefficient (Wildman–Crippen LogP) is 13.7. The van der Waals surface area contributed by atoms with Gasteiger partial charge in [0.05, 0.1) is 12.3 Å². The second kappa shape index (κ2) is 11.1. The van der Waals surface area contributed by atoms with Crippen molar-refractivity contribution in [3.63, 3.8) is 0 Å². The summed E-state index contributed by atoms with van der Waals surface area (Å²) in [5.41, 5.74) is 5.43. The predicted molar refractivity (Wildman–Crippen MR) is 208 cm³/mol. The largest absolute Gasteiger partial charge is 0.455 e. The zero-order valence-corrected chi connectivity index (χ0v) is 26.0. The number of rotatable bonds is 4. The fourth-order valence-electron chi connectivity index (χ4n) is 7.31. The highest BCUT2D eigenvalue weighted by Crippen LogP contribution is 2.46. The molecule has 9 aromatic carbocycles. The average molecular weight is 632 g/mol. The van der Waals surface area contributed by atoms with Gasteiger partial charge in [-0.1, -0.05) is 158 Å². The van der Waals surface area contributed by atoms with E-state index in [4.69, 9.17) is 14.0 Å². The lowest BCUT2D eigenvalue weighted by Gasteiger charge is -2.18.